The highest BCUT2D eigenvalue weighted by Crippen LogP contribution is 2.47. The van der Waals surface area contributed by atoms with Gasteiger partial charge in [-0.15, -0.1) is 0 Å². The van der Waals surface area contributed by atoms with Gasteiger partial charge in [-0.1, -0.05) is 33.1 Å². The van der Waals surface area contributed by atoms with Crippen molar-refractivity contribution >= 4 is 5.91 Å². The van der Waals surface area contributed by atoms with Gasteiger partial charge in [-0.3, -0.25) is 14.2 Å². The number of carbonyl (C=O) groups is 1. The van der Waals surface area contributed by atoms with Gasteiger partial charge in [0.25, 0.3) is 0 Å². The van der Waals surface area contributed by atoms with Crippen LogP contribution in [-0.4, -0.2) is 84.4 Å². The van der Waals surface area contributed by atoms with Crippen molar-refractivity contribution in [1.82, 2.24) is 15.1 Å². The summed E-state index contributed by atoms with van der Waals surface area (Å²) in [5, 5.41) is 3.48. The Morgan fingerprint density at radius 1 is 1.17 bits per heavy atom. The number of fused-ring (bicyclic) bond motifs is 7. The molecule has 0 aromatic rings. The van der Waals surface area contributed by atoms with E-state index in [0.717, 1.165) is 81.3 Å². The van der Waals surface area contributed by atoms with Gasteiger partial charge in [0.1, 0.15) is 12.2 Å². The SMILES string of the molecule is CCCCCN1C=C(NC(=O)C(C(N)N)C2CC3(CCC)CCCC(F)CN2CC3)C2C(CC[N+]2(C)C=C2CCC2)C1. The number of hydrogen-bond donors (Lipinski definition) is 3. The lowest BCUT2D eigenvalue weighted by Crippen LogP contribution is -2.62. The quantitative estimate of drug-likeness (QED) is 0.180. The number of hydrogen-bond acceptors (Lipinski definition) is 5. The maximum atomic E-state index is 15.1. The Balaban J connectivity index is 1.43. The fourth-order valence-electron chi connectivity index (χ4n) is 9.30. The van der Waals surface area contributed by atoms with E-state index in [1.165, 1.54) is 38.5 Å². The highest BCUT2D eigenvalue weighted by molar-refractivity contribution is 5.82. The number of amides is 1. The third-order valence-electron chi connectivity index (χ3n) is 11.6. The van der Waals surface area contributed by atoms with Crippen molar-refractivity contribution in [2.75, 3.05) is 39.8 Å². The van der Waals surface area contributed by atoms with Crippen LogP contribution in [0.15, 0.2) is 23.7 Å². The molecule has 1 saturated carbocycles. The summed E-state index contributed by atoms with van der Waals surface area (Å²) >= 11 is 0. The Labute approximate surface area is 254 Å². The van der Waals surface area contributed by atoms with E-state index in [-0.39, 0.29) is 23.4 Å². The Morgan fingerprint density at radius 3 is 2.67 bits per heavy atom. The van der Waals surface area contributed by atoms with E-state index in [1.807, 2.05) is 0 Å². The molecule has 0 aromatic heterocycles. The van der Waals surface area contributed by atoms with Crippen molar-refractivity contribution in [2.24, 2.45) is 28.7 Å². The highest BCUT2D eigenvalue weighted by Gasteiger charge is 2.51. The molecule has 5 aliphatic heterocycles. The van der Waals surface area contributed by atoms with Gasteiger partial charge < -0.3 is 21.7 Å². The minimum absolute atomic E-state index is 0.0721. The molecule has 8 heteroatoms. The first kappa shape index (κ1) is 31.9. The van der Waals surface area contributed by atoms with Crippen LogP contribution in [0.5, 0.6) is 0 Å². The molecule has 8 atom stereocenters. The van der Waals surface area contributed by atoms with Gasteiger partial charge in [-0.2, -0.15) is 0 Å². The summed E-state index contributed by atoms with van der Waals surface area (Å²) in [7, 11) is 2.35. The van der Waals surface area contributed by atoms with E-state index in [1.54, 1.807) is 5.57 Å². The second-order valence-electron chi connectivity index (χ2n) is 14.8. The lowest BCUT2D eigenvalue weighted by Gasteiger charge is -2.49. The van der Waals surface area contributed by atoms with Gasteiger partial charge in [-0.05, 0) is 81.7 Å². The lowest BCUT2D eigenvalue weighted by molar-refractivity contribution is -0.869. The molecular formula is C34H60FN6O+. The second-order valence-corrected chi connectivity index (χ2v) is 14.8. The first-order chi connectivity index (χ1) is 20.2. The van der Waals surface area contributed by atoms with Crippen molar-refractivity contribution < 1.29 is 13.7 Å². The van der Waals surface area contributed by atoms with Crippen molar-refractivity contribution in [3.63, 3.8) is 0 Å². The Bertz CT molecular complexity index is 995. The summed E-state index contributed by atoms with van der Waals surface area (Å²) in [5.74, 6) is -0.146. The molecule has 238 valence electrons. The minimum atomic E-state index is -0.865. The van der Waals surface area contributed by atoms with Crippen LogP contribution in [0.1, 0.15) is 104 Å². The normalized spacial score (nSPS) is 37.3. The maximum absolute atomic E-state index is 15.1. The van der Waals surface area contributed by atoms with E-state index in [2.05, 4.69) is 48.4 Å². The van der Waals surface area contributed by atoms with Gasteiger partial charge in [0.05, 0.1) is 37.6 Å². The summed E-state index contributed by atoms with van der Waals surface area (Å²) in [6.45, 7) is 8.87. The number of unbranched alkanes of at least 4 members (excludes halogenated alkanes) is 2. The first-order valence-electron chi connectivity index (χ1n) is 17.4. The zero-order chi connectivity index (χ0) is 29.9. The molecule has 4 saturated heterocycles. The number of nitrogens with zero attached hydrogens (tertiary/aromatic N) is 3. The van der Waals surface area contributed by atoms with Gasteiger partial charge in [0.15, 0.2) is 0 Å². The molecule has 5 heterocycles. The molecule has 7 nitrogen and oxygen atoms in total. The minimum Gasteiger partial charge on any atom is -0.375 e. The second kappa shape index (κ2) is 13.7. The van der Waals surface area contributed by atoms with Crippen LogP contribution in [0, 0.1) is 17.3 Å². The molecular weight excluding hydrogens is 527 g/mol. The first-order valence-corrected chi connectivity index (χ1v) is 17.4. The van der Waals surface area contributed by atoms with Crippen LogP contribution in [0.3, 0.4) is 0 Å². The number of allylic oxidation sites excluding steroid dienone is 1. The van der Waals surface area contributed by atoms with Crippen molar-refractivity contribution in [3.05, 3.63) is 23.7 Å². The van der Waals surface area contributed by atoms with E-state index < -0.39 is 18.3 Å². The number of piperidine rings is 1. The van der Waals surface area contributed by atoms with Gasteiger partial charge in [0, 0.05) is 44.2 Å². The molecule has 0 radical (unpaired) electrons. The number of quaternary nitrogens is 1. The van der Waals surface area contributed by atoms with Crippen LogP contribution >= 0.6 is 0 Å². The number of nitrogens with two attached hydrogens (primary N) is 2. The topological polar surface area (TPSA) is 87.6 Å². The van der Waals surface area contributed by atoms with Crippen LogP contribution < -0.4 is 16.8 Å². The van der Waals surface area contributed by atoms with Crippen LogP contribution in [0.2, 0.25) is 0 Å². The fraction of sp³-hybridized carbons (Fsp3) is 0.853. The molecule has 0 spiro atoms. The molecule has 1 amide bonds. The summed E-state index contributed by atoms with van der Waals surface area (Å²) < 4.78 is 16.0. The largest absolute Gasteiger partial charge is 0.375 e. The third-order valence-corrected chi connectivity index (χ3v) is 11.6. The molecule has 6 rings (SSSR count). The zero-order valence-electron chi connectivity index (χ0n) is 26.8. The monoisotopic (exact) mass is 587 g/mol. The summed E-state index contributed by atoms with van der Waals surface area (Å²) in [6.07, 6.45) is 18.3. The molecule has 2 bridgehead atoms. The standard InChI is InChI=1S/C34H59FN6O/c1-4-6-7-17-39-21-26-13-19-41(3,24-25-10-8-11-25)31(26)28(23-39)38-33(42)30(32(36)37)29-20-34(14-5-2)15-9-12-27(35)22-40(29)18-16-34/h23-24,26-27,29-32H,4-22,36-37H2,1-3H3/p+1. The molecule has 42 heavy (non-hydrogen) atoms. The number of halogens is 1. The number of likely N-dealkylation sites (tertiary alicyclic amines) is 1. The van der Waals surface area contributed by atoms with E-state index in [4.69, 9.17) is 11.5 Å². The Hall–Kier alpha value is -1.48. The summed E-state index contributed by atoms with van der Waals surface area (Å²) in [5.41, 5.74) is 15.7. The zero-order valence-corrected chi connectivity index (χ0v) is 26.8. The predicted octanol–water partition coefficient (Wildman–Crippen LogP) is 4.99. The van der Waals surface area contributed by atoms with Crippen molar-refractivity contribution in [3.8, 4) is 0 Å². The van der Waals surface area contributed by atoms with E-state index >= 15 is 4.39 Å². The number of carbonyl (C=O) groups excluding carboxylic acids is 1. The number of likely N-dealkylation sites (N-methyl/N-ethyl adjacent to an activating group) is 1. The van der Waals surface area contributed by atoms with Gasteiger partial charge >= 0.3 is 0 Å². The number of nitrogens with one attached hydrogen (secondary N) is 1. The smallest absolute Gasteiger partial charge is 0.231 e. The molecule has 5 N–H and O–H groups in total. The van der Waals surface area contributed by atoms with Crippen molar-refractivity contribution in [1.29, 1.82) is 0 Å². The van der Waals surface area contributed by atoms with E-state index in [9.17, 15) is 4.79 Å². The molecule has 5 fully saturated rings. The maximum Gasteiger partial charge on any atom is 0.231 e. The Kier molecular flexibility index (Phi) is 10.4. The molecule has 6 aliphatic rings. The average molecular weight is 588 g/mol. The van der Waals surface area contributed by atoms with Crippen LogP contribution in [-0.2, 0) is 4.79 Å². The number of alkyl halides is 1. The van der Waals surface area contributed by atoms with E-state index in [0.29, 0.717) is 18.9 Å². The summed E-state index contributed by atoms with van der Waals surface area (Å²) in [6, 6.07) is 0.0990. The fourth-order valence-corrected chi connectivity index (χ4v) is 9.30. The number of rotatable bonds is 11. The van der Waals surface area contributed by atoms with Crippen LogP contribution in [0.4, 0.5) is 4.39 Å². The van der Waals surface area contributed by atoms with Crippen LogP contribution in [0.25, 0.3) is 0 Å². The lowest BCUT2D eigenvalue weighted by atomic mass is 9.67. The van der Waals surface area contributed by atoms with Crippen molar-refractivity contribution in [2.45, 2.75) is 128 Å². The average Bonchev–Trinajstić information content (AvgIpc) is 3.29. The third kappa shape index (κ3) is 6.92. The predicted molar refractivity (Wildman–Crippen MR) is 169 cm³/mol. The highest BCUT2D eigenvalue weighted by atomic mass is 19.1. The molecule has 1 aliphatic carbocycles. The Morgan fingerprint density at radius 2 is 1.98 bits per heavy atom. The molecule has 8 unspecified atom stereocenters. The summed E-state index contributed by atoms with van der Waals surface area (Å²) in [4.78, 5) is 19.1. The molecule has 0 aromatic carbocycles. The van der Waals surface area contributed by atoms with Gasteiger partial charge in [0.2, 0.25) is 5.91 Å². The van der Waals surface area contributed by atoms with Gasteiger partial charge in [-0.25, -0.2) is 4.39 Å².